The molecule has 1 amide bonds. The van der Waals surface area contributed by atoms with Crippen molar-refractivity contribution in [3.05, 3.63) is 88.7 Å². The van der Waals surface area contributed by atoms with Gasteiger partial charge in [-0.25, -0.2) is 9.78 Å². The van der Waals surface area contributed by atoms with E-state index in [4.69, 9.17) is 9.47 Å². The summed E-state index contributed by atoms with van der Waals surface area (Å²) in [5, 5.41) is 11.4. The van der Waals surface area contributed by atoms with Crippen molar-refractivity contribution < 1.29 is 29.0 Å². The second-order valence-electron chi connectivity index (χ2n) is 7.71. The molecule has 0 saturated carbocycles. The zero-order chi connectivity index (χ0) is 25.8. The van der Waals surface area contributed by atoms with Gasteiger partial charge < -0.3 is 14.6 Å². The van der Waals surface area contributed by atoms with Crippen LogP contribution in [-0.4, -0.2) is 45.9 Å². The van der Waals surface area contributed by atoms with Crippen molar-refractivity contribution in [2.45, 2.75) is 19.9 Å². The van der Waals surface area contributed by atoms with Crippen LogP contribution in [0, 0.1) is 6.92 Å². The number of amides is 1. The number of carbonyl (C=O) groups excluding carboxylic acids is 3. The molecule has 36 heavy (non-hydrogen) atoms. The molecule has 9 nitrogen and oxygen atoms in total. The van der Waals surface area contributed by atoms with E-state index in [1.165, 1.54) is 23.4 Å². The number of aliphatic hydroxyl groups is 1. The Balaban J connectivity index is 1.86. The first-order chi connectivity index (χ1) is 17.4. The Bertz CT molecular complexity index is 1370. The number of Topliss-reactive ketones (excluding diaryl/α,β-unsaturated/α-hetero) is 1. The van der Waals surface area contributed by atoms with Crippen molar-refractivity contribution in [3.8, 4) is 5.75 Å². The van der Waals surface area contributed by atoms with E-state index in [1.54, 1.807) is 43.3 Å². The zero-order valence-electron chi connectivity index (χ0n) is 19.6. The Morgan fingerprint density at radius 3 is 2.69 bits per heavy atom. The van der Waals surface area contributed by atoms with Crippen molar-refractivity contribution in [1.82, 2.24) is 9.97 Å². The quantitative estimate of drug-likeness (QED) is 0.159. The molecule has 1 saturated heterocycles. The second-order valence-corrected chi connectivity index (χ2v) is 8.69. The number of ketones is 1. The Labute approximate surface area is 211 Å². The number of ether oxygens (including phenoxy) is 2. The number of thiazole rings is 1. The third-order valence-corrected chi connectivity index (χ3v) is 6.53. The Morgan fingerprint density at radius 1 is 1.25 bits per heavy atom. The van der Waals surface area contributed by atoms with Gasteiger partial charge in [0.1, 0.15) is 23.0 Å². The van der Waals surface area contributed by atoms with E-state index >= 15 is 0 Å². The molecule has 1 N–H and O–H groups in total. The summed E-state index contributed by atoms with van der Waals surface area (Å²) in [5.74, 6) is -2.20. The number of nitrogens with zero attached hydrogens (tertiary/aromatic N) is 3. The lowest BCUT2D eigenvalue weighted by Crippen LogP contribution is -2.29. The molecule has 1 aliphatic heterocycles. The van der Waals surface area contributed by atoms with E-state index in [0.29, 0.717) is 29.2 Å². The first kappa shape index (κ1) is 24.8. The molecule has 0 bridgehead atoms. The zero-order valence-corrected chi connectivity index (χ0v) is 20.4. The van der Waals surface area contributed by atoms with Gasteiger partial charge in [-0.1, -0.05) is 36.1 Å². The topological polar surface area (TPSA) is 119 Å². The fourth-order valence-electron chi connectivity index (χ4n) is 3.82. The van der Waals surface area contributed by atoms with Gasteiger partial charge in [0.05, 0.1) is 23.9 Å². The van der Waals surface area contributed by atoms with Crippen molar-refractivity contribution in [1.29, 1.82) is 0 Å². The largest absolute Gasteiger partial charge is 0.507 e. The fraction of sp³-hybridized carbons (Fsp3) is 0.192. The number of esters is 1. The van der Waals surface area contributed by atoms with Crippen molar-refractivity contribution in [3.63, 3.8) is 0 Å². The smallest absolute Gasteiger partial charge is 0.350 e. The van der Waals surface area contributed by atoms with Crippen LogP contribution in [-0.2, 0) is 14.3 Å². The van der Waals surface area contributed by atoms with Crippen LogP contribution < -0.4 is 9.64 Å². The minimum atomic E-state index is -0.994. The highest BCUT2D eigenvalue weighted by atomic mass is 32.1. The number of benzene rings is 1. The highest BCUT2D eigenvalue weighted by Gasteiger charge is 2.48. The number of anilines is 1. The summed E-state index contributed by atoms with van der Waals surface area (Å²) in [6.07, 6.45) is 4.49. The third kappa shape index (κ3) is 4.63. The second kappa shape index (κ2) is 10.5. The van der Waals surface area contributed by atoms with E-state index in [1.807, 2.05) is 6.92 Å². The van der Waals surface area contributed by atoms with Gasteiger partial charge in [-0.15, -0.1) is 0 Å². The lowest BCUT2D eigenvalue weighted by Gasteiger charge is -2.22. The monoisotopic (exact) mass is 505 g/mol. The SMILES string of the molecule is C=CCOC(=O)c1sc(N2C(=O)C(=O)C(=C(O)c3cccc(OCC)c3)C2c2ccncc2)nc1C. The number of aromatic nitrogens is 2. The van der Waals surface area contributed by atoms with Crippen LogP contribution in [0.15, 0.2) is 67.0 Å². The molecule has 0 radical (unpaired) electrons. The molecule has 4 rings (SSSR count). The summed E-state index contributed by atoms with van der Waals surface area (Å²) in [6.45, 7) is 7.41. The van der Waals surface area contributed by atoms with Gasteiger partial charge in [0.2, 0.25) is 0 Å². The number of pyridine rings is 1. The summed E-state index contributed by atoms with van der Waals surface area (Å²) in [5.41, 5.74) is 1.10. The van der Waals surface area contributed by atoms with Gasteiger partial charge >= 0.3 is 11.9 Å². The molecule has 3 aromatic rings. The van der Waals surface area contributed by atoms with Crippen LogP contribution in [0.1, 0.15) is 39.5 Å². The fourth-order valence-corrected chi connectivity index (χ4v) is 4.81. The van der Waals surface area contributed by atoms with Gasteiger partial charge in [-0.3, -0.25) is 19.5 Å². The van der Waals surface area contributed by atoms with Crippen molar-refractivity contribution in [2.75, 3.05) is 18.1 Å². The van der Waals surface area contributed by atoms with Crippen LogP contribution in [0.3, 0.4) is 0 Å². The molecule has 0 spiro atoms. The van der Waals surface area contributed by atoms with Crippen LogP contribution >= 0.6 is 11.3 Å². The molecular weight excluding hydrogens is 482 g/mol. The molecule has 1 fully saturated rings. The normalized spacial score (nSPS) is 16.7. The third-order valence-electron chi connectivity index (χ3n) is 5.39. The molecule has 1 unspecified atom stereocenters. The molecule has 1 atom stereocenters. The van der Waals surface area contributed by atoms with Crippen LogP contribution in [0.5, 0.6) is 5.75 Å². The summed E-state index contributed by atoms with van der Waals surface area (Å²) < 4.78 is 10.6. The maximum atomic E-state index is 13.3. The number of carbonyl (C=O) groups is 3. The van der Waals surface area contributed by atoms with E-state index in [-0.39, 0.29) is 27.9 Å². The number of hydrogen-bond donors (Lipinski definition) is 1. The van der Waals surface area contributed by atoms with Gasteiger partial charge in [0.15, 0.2) is 5.13 Å². The summed E-state index contributed by atoms with van der Waals surface area (Å²) >= 11 is 0.931. The highest BCUT2D eigenvalue weighted by molar-refractivity contribution is 7.17. The Hall–Kier alpha value is -4.31. The van der Waals surface area contributed by atoms with E-state index < -0.39 is 23.7 Å². The van der Waals surface area contributed by atoms with Crippen LogP contribution in [0.4, 0.5) is 5.13 Å². The lowest BCUT2D eigenvalue weighted by molar-refractivity contribution is -0.132. The first-order valence-electron chi connectivity index (χ1n) is 11.1. The maximum Gasteiger partial charge on any atom is 0.350 e. The number of hydrogen-bond acceptors (Lipinski definition) is 9. The number of aliphatic hydroxyl groups excluding tert-OH is 1. The predicted octanol–water partition coefficient (Wildman–Crippen LogP) is 4.21. The van der Waals surface area contributed by atoms with Crippen LogP contribution in [0.25, 0.3) is 5.76 Å². The molecule has 0 aliphatic carbocycles. The van der Waals surface area contributed by atoms with Gasteiger partial charge in [0.25, 0.3) is 5.78 Å². The lowest BCUT2D eigenvalue weighted by atomic mass is 9.96. The van der Waals surface area contributed by atoms with Gasteiger partial charge in [-0.05, 0) is 43.7 Å². The van der Waals surface area contributed by atoms with E-state index in [0.717, 1.165) is 11.3 Å². The molecule has 10 heteroatoms. The van der Waals surface area contributed by atoms with E-state index in [9.17, 15) is 19.5 Å². The standard InChI is InChI=1S/C26H23N3O6S/c1-4-13-35-25(33)23-15(3)28-26(36-23)29-20(16-9-11-27-12-10-16)19(22(31)24(29)32)21(30)17-7-6-8-18(14-17)34-5-2/h4,6-12,14,20,30H,1,5,13H2,2-3H3. The molecular formula is C26H23N3O6S. The first-order valence-corrected chi connectivity index (χ1v) is 11.9. The predicted molar refractivity (Wildman–Crippen MR) is 134 cm³/mol. The highest BCUT2D eigenvalue weighted by Crippen LogP contribution is 2.44. The molecule has 2 aromatic heterocycles. The van der Waals surface area contributed by atoms with E-state index in [2.05, 4.69) is 16.5 Å². The Morgan fingerprint density at radius 2 is 2.00 bits per heavy atom. The minimum absolute atomic E-state index is 0.0217. The van der Waals surface area contributed by atoms with Gasteiger partial charge in [0, 0.05) is 18.0 Å². The van der Waals surface area contributed by atoms with Gasteiger partial charge in [-0.2, -0.15) is 0 Å². The number of rotatable bonds is 8. The van der Waals surface area contributed by atoms with Crippen LogP contribution in [0.2, 0.25) is 0 Å². The van der Waals surface area contributed by atoms with Crippen molar-refractivity contribution in [2.24, 2.45) is 0 Å². The molecule has 1 aliphatic rings. The summed E-state index contributed by atoms with van der Waals surface area (Å²) in [6, 6.07) is 8.92. The summed E-state index contributed by atoms with van der Waals surface area (Å²) in [4.78, 5) is 48.8. The maximum absolute atomic E-state index is 13.3. The molecule has 184 valence electrons. The average molecular weight is 506 g/mol. The molecule has 3 heterocycles. The van der Waals surface area contributed by atoms with Crippen molar-refractivity contribution >= 4 is 39.9 Å². The number of aryl methyl sites for hydroxylation is 1. The minimum Gasteiger partial charge on any atom is -0.507 e. The molecule has 1 aromatic carbocycles. The Kier molecular flexibility index (Phi) is 7.25. The average Bonchev–Trinajstić information content (AvgIpc) is 3.39. The summed E-state index contributed by atoms with van der Waals surface area (Å²) in [7, 11) is 0.